The first kappa shape index (κ1) is 11.5. The highest BCUT2D eigenvalue weighted by Gasteiger charge is 2.19. The van der Waals surface area contributed by atoms with Crippen LogP contribution >= 0.6 is 0 Å². The molecule has 0 aliphatic carbocycles. The van der Waals surface area contributed by atoms with Gasteiger partial charge in [-0.1, -0.05) is 0 Å². The quantitative estimate of drug-likeness (QED) is 0.773. The van der Waals surface area contributed by atoms with Crippen molar-refractivity contribution in [3.63, 3.8) is 0 Å². The first-order valence-corrected chi connectivity index (χ1v) is 5.83. The molecule has 1 aliphatic heterocycles. The molecule has 3 N–H and O–H groups in total. The van der Waals surface area contributed by atoms with Crippen molar-refractivity contribution >= 4 is 0 Å². The molecule has 0 amide bonds. The Bertz CT molecular complexity index is 314. The predicted molar refractivity (Wildman–Crippen MR) is 65.1 cm³/mol. The number of nitrogens with two attached hydrogens (primary N) is 1. The number of piperazine rings is 1. The Morgan fingerprint density at radius 1 is 1.56 bits per heavy atom. The highest BCUT2D eigenvalue weighted by Crippen LogP contribution is 2.16. The minimum Gasteiger partial charge on any atom is -0.324 e. The lowest BCUT2D eigenvalue weighted by atomic mass is 10.00. The molecule has 2 atom stereocenters. The maximum absolute atomic E-state index is 6.18. The molecule has 1 aromatic heterocycles. The van der Waals surface area contributed by atoms with Gasteiger partial charge in [-0.2, -0.15) is 0 Å². The summed E-state index contributed by atoms with van der Waals surface area (Å²) in [7, 11) is 2.16. The molecule has 0 spiro atoms. The van der Waals surface area contributed by atoms with Crippen molar-refractivity contribution < 1.29 is 0 Å². The van der Waals surface area contributed by atoms with Crippen LogP contribution in [0.15, 0.2) is 24.5 Å². The fourth-order valence-corrected chi connectivity index (χ4v) is 2.20. The Labute approximate surface area is 96.8 Å². The monoisotopic (exact) mass is 220 g/mol. The van der Waals surface area contributed by atoms with E-state index in [2.05, 4.69) is 22.2 Å². The first-order chi connectivity index (χ1) is 7.75. The van der Waals surface area contributed by atoms with Gasteiger partial charge in [0.2, 0.25) is 0 Å². The number of aromatic nitrogens is 1. The van der Waals surface area contributed by atoms with Crippen LogP contribution in [0.25, 0.3) is 0 Å². The fraction of sp³-hybridized carbons (Fsp3) is 0.583. The van der Waals surface area contributed by atoms with E-state index in [1.54, 1.807) is 12.4 Å². The number of rotatable bonds is 3. The van der Waals surface area contributed by atoms with Crippen molar-refractivity contribution in [1.29, 1.82) is 0 Å². The van der Waals surface area contributed by atoms with Crippen LogP contribution in [-0.4, -0.2) is 42.6 Å². The molecule has 4 nitrogen and oxygen atoms in total. The molecular weight excluding hydrogens is 200 g/mol. The Morgan fingerprint density at radius 2 is 2.31 bits per heavy atom. The van der Waals surface area contributed by atoms with Crippen LogP contribution in [0, 0.1) is 0 Å². The van der Waals surface area contributed by atoms with Gasteiger partial charge in [-0.05, 0) is 31.2 Å². The van der Waals surface area contributed by atoms with E-state index in [-0.39, 0.29) is 6.04 Å². The summed E-state index contributed by atoms with van der Waals surface area (Å²) in [6.07, 6.45) is 4.58. The van der Waals surface area contributed by atoms with E-state index < -0.39 is 0 Å². The zero-order valence-electron chi connectivity index (χ0n) is 9.76. The largest absolute Gasteiger partial charge is 0.324 e. The second kappa shape index (κ2) is 5.39. The lowest BCUT2D eigenvalue weighted by molar-refractivity contribution is 0.226. The summed E-state index contributed by atoms with van der Waals surface area (Å²) in [4.78, 5) is 6.35. The van der Waals surface area contributed by atoms with E-state index in [0.29, 0.717) is 6.04 Å². The average molecular weight is 220 g/mol. The lowest BCUT2D eigenvalue weighted by Crippen LogP contribution is -2.49. The molecule has 1 aliphatic rings. The Hall–Kier alpha value is -0.970. The summed E-state index contributed by atoms with van der Waals surface area (Å²) in [5.41, 5.74) is 7.36. The molecule has 16 heavy (non-hydrogen) atoms. The first-order valence-electron chi connectivity index (χ1n) is 5.83. The zero-order valence-corrected chi connectivity index (χ0v) is 9.76. The van der Waals surface area contributed by atoms with Gasteiger partial charge in [0, 0.05) is 44.1 Å². The van der Waals surface area contributed by atoms with Crippen molar-refractivity contribution in [3.8, 4) is 0 Å². The van der Waals surface area contributed by atoms with Gasteiger partial charge in [0.1, 0.15) is 0 Å². The lowest BCUT2D eigenvalue weighted by Gasteiger charge is -2.32. The highest BCUT2D eigenvalue weighted by atomic mass is 15.2. The molecular formula is C12H20N4. The van der Waals surface area contributed by atoms with Crippen LogP contribution in [-0.2, 0) is 0 Å². The van der Waals surface area contributed by atoms with Crippen molar-refractivity contribution in [3.05, 3.63) is 30.1 Å². The second-order valence-electron chi connectivity index (χ2n) is 4.54. The summed E-state index contributed by atoms with van der Waals surface area (Å²) >= 11 is 0. The van der Waals surface area contributed by atoms with Gasteiger partial charge in [-0.25, -0.2) is 0 Å². The molecule has 0 bridgehead atoms. The molecule has 0 radical (unpaired) electrons. The minimum absolute atomic E-state index is 0.104. The maximum atomic E-state index is 6.18. The average Bonchev–Trinajstić information content (AvgIpc) is 2.30. The normalized spacial score (nSPS) is 24.2. The summed E-state index contributed by atoms with van der Waals surface area (Å²) in [5.74, 6) is 0. The number of nitrogens with one attached hydrogen (secondary N) is 1. The molecule has 2 rings (SSSR count). The standard InChI is InChI=1S/C12H20N4/c1-16-7-6-15-11(9-16)8-12(13)10-2-4-14-5-3-10/h2-5,11-12,15H,6-9,13H2,1H3. The van der Waals surface area contributed by atoms with E-state index in [9.17, 15) is 0 Å². The summed E-state index contributed by atoms with van der Waals surface area (Å²) in [5, 5.41) is 3.51. The van der Waals surface area contributed by atoms with Crippen molar-refractivity contribution in [2.45, 2.75) is 18.5 Å². The topological polar surface area (TPSA) is 54.2 Å². The number of hydrogen-bond donors (Lipinski definition) is 2. The van der Waals surface area contributed by atoms with Crippen LogP contribution in [0.4, 0.5) is 0 Å². The van der Waals surface area contributed by atoms with Crippen LogP contribution < -0.4 is 11.1 Å². The van der Waals surface area contributed by atoms with Crippen molar-refractivity contribution in [1.82, 2.24) is 15.2 Å². The molecule has 4 heteroatoms. The molecule has 1 saturated heterocycles. The Kier molecular flexibility index (Phi) is 3.88. The van der Waals surface area contributed by atoms with Gasteiger partial charge in [-0.3, -0.25) is 4.98 Å². The summed E-state index contributed by atoms with van der Waals surface area (Å²) in [6.45, 7) is 3.27. The maximum Gasteiger partial charge on any atom is 0.0311 e. The van der Waals surface area contributed by atoms with Gasteiger partial charge < -0.3 is 16.0 Å². The van der Waals surface area contributed by atoms with Crippen LogP contribution in [0.3, 0.4) is 0 Å². The van der Waals surface area contributed by atoms with Gasteiger partial charge in [0.25, 0.3) is 0 Å². The van der Waals surface area contributed by atoms with E-state index in [0.717, 1.165) is 26.1 Å². The molecule has 1 aromatic rings. The summed E-state index contributed by atoms with van der Waals surface area (Å²) in [6, 6.07) is 4.60. The molecule has 2 heterocycles. The van der Waals surface area contributed by atoms with E-state index in [4.69, 9.17) is 5.73 Å². The van der Waals surface area contributed by atoms with Crippen molar-refractivity contribution in [2.24, 2.45) is 5.73 Å². The van der Waals surface area contributed by atoms with E-state index in [1.165, 1.54) is 5.56 Å². The fourth-order valence-electron chi connectivity index (χ4n) is 2.20. The minimum atomic E-state index is 0.104. The van der Waals surface area contributed by atoms with Crippen LogP contribution in [0.1, 0.15) is 18.0 Å². The molecule has 2 unspecified atom stereocenters. The number of likely N-dealkylation sites (N-methyl/N-ethyl adjacent to an activating group) is 1. The van der Waals surface area contributed by atoms with Crippen molar-refractivity contribution in [2.75, 3.05) is 26.7 Å². The van der Waals surface area contributed by atoms with Gasteiger partial charge in [0.15, 0.2) is 0 Å². The van der Waals surface area contributed by atoms with Gasteiger partial charge in [0.05, 0.1) is 0 Å². The van der Waals surface area contributed by atoms with Gasteiger partial charge >= 0.3 is 0 Å². The SMILES string of the molecule is CN1CCNC(CC(N)c2ccncc2)C1. The number of hydrogen-bond acceptors (Lipinski definition) is 4. The molecule has 88 valence electrons. The Morgan fingerprint density at radius 3 is 3.00 bits per heavy atom. The van der Waals surface area contributed by atoms with Crippen LogP contribution in [0.5, 0.6) is 0 Å². The van der Waals surface area contributed by atoms with Crippen LogP contribution in [0.2, 0.25) is 0 Å². The highest BCUT2D eigenvalue weighted by molar-refractivity contribution is 5.14. The third kappa shape index (κ3) is 3.01. The summed E-state index contributed by atoms with van der Waals surface area (Å²) < 4.78 is 0. The van der Waals surface area contributed by atoms with Gasteiger partial charge in [-0.15, -0.1) is 0 Å². The number of pyridine rings is 1. The molecule has 0 saturated carbocycles. The molecule has 1 fully saturated rings. The van der Waals surface area contributed by atoms with E-state index in [1.807, 2.05) is 12.1 Å². The third-order valence-electron chi connectivity index (χ3n) is 3.13. The third-order valence-corrected chi connectivity index (χ3v) is 3.13. The zero-order chi connectivity index (χ0) is 11.4. The van der Waals surface area contributed by atoms with E-state index >= 15 is 0 Å². The Balaban J connectivity index is 1.89. The number of nitrogens with zero attached hydrogens (tertiary/aromatic N) is 2. The second-order valence-corrected chi connectivity index (χ2v) is 4.54. The smallest absolute Gasteiger partial charge is 0.0311 e. The molecule has 0 aromatic carbocycles. The predicted octanol–water partition coefficient (Wildman–Crippen LogP) is 0.375.